The zero-order valence-corrected chi connectivity index (χ0v) is 19.6. The fourth-order valence-corrected chi connectivity index (χ4v) is 3.87. The topological polar surface area (TPSA) is 72.5 Å². The Kier molecular flexibility index (Phi) is 12.4. The summed E-state index contributed by atoms with van der Waals surface area (Å²) in [5.41, 5.74) is 1.44. The number of hydrogen-bond acceptors (Lipinski definition) is 5. The van der Waals surface area contributed by atoms with Gasteiger partial charge in [-0.25, -0.2) is 4.79 Å². The lowest BCUT2D eigenvalue weighted by Gasteiger charge is -2.12. The van der Waals surface area contributed by atoms with Gasteiger partial charge in [0, 0.05) is 24.7 Å². The van der Waals surface area contributed by atoms with Crippen LogP contribution in [-0.2, 0) is 14.3 Å². The molecule has 32 heavy (non-hydrogen) atoms. The van der Waals surface area contributed by atoms with Gasteiger partial charge in [0.2, 0.25) is 0 Å². The molecule has 0 aromatic heterocycles. The van der Waals surface area contributed by atoms with E-state index in [0.717, 1.165) is 12.8 Å². The Hall–Kier alpha value is -2.43. The fraction of sp³-hybridized carbons (Fsp3) is 0.593. The Morgan fingerprint density at radius 1 is 0.844 bits per heavy atom. The van der Waals surface area contributed by atoms with Gasteiger partial charge in [-0.1, -0.05) is 71.1 Å². The molecule has 0 amide bonds. The smallest absolute Gasteiger partial charge is 0.338 e. The van der Waals surface area contributed by atoms with E-state index in [2.05, 4.69) is 12.2 Å². The average molecular weight is 442 g/mol. The zero-order chi connectivity index (χ0) is 23.0. The minimum atomic E-state index is -0.320. The van der Waals surface area contributed by atoms with Crippen LogP contribution in [0.4, 0.5) is 5.69 Å². The highest BCUT2D eigenvalue weighted by molar-refractivity contribution is 6.21. The van der Waals surface area contributed by atoms with Crippen molar-refractivity contribution in [3.8, 4) is 0 Å². The lowest BCUT2D eigenvalue weighted by Crippen LogP contribution is -2.19. The maximum absolute atomic E-state index is 12.2. The monoisotopic (exact) mass is 441 g/mol. The first-order valence-corrected chi connectivity index (χ1v) is 12.4. The van der Waals surface area contributed by atoms with Gasteiger partial charge in [-0.05, 0) is 37.1 Å². The van der Waals surface area contributed by atoms with Crippen molar-refractivity contribution in [2.24, 2.45) is 0 Å². The molecule has 1 aromatic rings. The molecular formula is C27H39NO4. The molecular weight excluding hydrogens is 402 g/mol. The minimum absolute atomic E-state index is 0.114. The molecule has 0 heterocycles. The molecule has 2 rings (SSSR count). The van der Waals surface area contributed by atoms with Crippen molar-refractivity contribution in [3.05, 3.63) is 41.6 Å². The highest BCUT2D eigenvalue weighted by Gasteiger charge is 2.22. The number of ether oxygens (including phenoxy) is 1. The standard InChI is InChI=1S/C27H39NO4/c1-2-3-4-5-6-7-8-9-10-11-12-20-32-27(31)22-16-18-23(19-17-22)28-21-24-25(29)14-13-15-26(24)30/h16-19,21,28H,2-15,20H2,1H3. The molecule has 0 aliphatic heterocycles. The Balaban J connectivity index is 1.57. The summed E-state index contributed by atoms with van der Waals surface area (Å²) in [4.78, 5) is 35.9. The summed E-state index contributed by atoms with van der Waals surface area (Å²) in [5, 5.41) is 2.98. The average Bonchev–Trinajstić information content (AvgIpc) is 2.79. The summed E-state index contributed by atoms with van der Waals surface area (Å²) in [6.45, 7) is 2.70. The van der Waals surface area contributed by atoms with Crippen LogP contribution in [0.25, 0.3) is 0 Å². The van der Waals surface area contributed by atoms with Crippen LogP contribution < -0.4 is 5.32 Å². The van der Waals surface area contributed by atoms with Gasteiger partial charge in [0.25, 0.3) is 0 Å². The van der Waals surface area contributed by atoms with Crippen molar-refractivity contribution in [3.63, 3.8) is 0 Å². The number of hydrogen-bond donors (Lipinski definition) is 1. The van der Waals surface area contributed by atoms with Gasteiger partial charge in [0.15, 0.2) is 11.6 Å². The third-order valence-corrected chi connectivity index (χ3v) is 5.89. The highest BCUT2D eigenvalue weighted by Crippen LogP contribution is 2.18. The Morgan fingerprint density at radius 3 is 1.94 bits per heavy atom. The number of nitrogens with one attached hydrogen (secondary N) is 1. The number of anilines is 1. The van der Waals surface area contributed by atoms with Crippen molar-refractivity contribution in [1.29, 1.82) is 0 Å². The molecule has 0 saturated heterocycles. The van der Waals surface area contributed by atoms with Crippen molar-refractivity contribution in [2.45, 2.75) is 96.8 Å². The summed E-state index contributed by atoms with van der Waals surface area (Å²) >= 11 is 0. The first-order chi connectivity index (χ1) is 15.6. The molecule has 5 heteroatoms. The van der Waals surface area contributed by atoms with E-state index in [4.69, 9.17) is 4.74 Å². The van der Waals surface area contributed by atoms with Gasteiger partial charge in [-0.15, -0.1) is 0 Å². The first kappa shape index (κ1) is 25.8. The van der Waals surface area contributed by atoms with Gasteiger partial charge < -0.3 is 10.1 Å². The van der Waals surface area contributed by atoms with Crippen LogP contribution in [0.1, 0.15) is 107 Å². The molecule has 0 bridgehead atoms. The molecule has 0 unspecified atom stereocenters. The third-order valence-electron chi connectivity index (χ3n) is 5.89. The molecule has 1 aliphatic rings. The van der Waals surface area contributed by atoms with Crippen LogP contribution in [0.2, 0.25) is 0 Å². The van der Waals surface area contributed by atoms with Gasteiger partial charge in [0.05, 0.1) is 17.7 Å². The van der Waals surface area contributed by atoms with E-state index < -0.39 is 0 Å². The molecule has 1 aliphatic carbocycles. The van der Waals surface area contributed by atoms with Crippen LogP contribution in [0, 0.1) is 0 Å². The molecule has 1 aromatic carbocycles. The Labute approximate surface area is 193 Å². The van der Waals surface area contributed by atoms with Crippen molar-refractivity contribution < 1.29 is 19.1 Å². The molecule has 0 atom stereocenters. The van der Waals surface area contributed by atoms with Crippen molar-refractivity contribution in [1.82, 2.24) is 0 Å². The summed E-state index contributed by atoms with van der Waals surface area (Å²) in [6, 6.07) is 6.86. The molecule has 1 saturated carbocycles. The second kappa shape index (κ2) is 15.4. The van der Waals surface area contributed by atoms with Gasteiger partial charge in [-0.2, -0.15) is 0 Å². The predicted molar refractivity (Wildman–Crippen MR) is 129 cm³/mol. The number of carbonyl (C=O) groups is 3. The lowest BCUT2D eigenvalue weighted by molar-refractivity contribution is -0.123. The van der Waals surface area contributed by atoms with Gasteiger partial charge in [0.1, 0.15) is 0 Å². The van der Waals surface area contributed by atoms with Crippen molar-refractivity contribution in [2.75, 3.05) is 11.9 Å². The largest absolute Gasteiger partial charge is 0.462 e. The van der Waals surface area contributed by atoms with Crippen LogP contribution in [0.3, 0.4) is 0 Å². The number of esters is 1. The minimum Gasteiger partial charge on any atom is -0.462 e. The number of Topliss-reactive ketones (excluding diaryl/α,β-unsaturated/α-hetero) is 2. The van der Waals surface area contributed by atoms with E-state index in [1.54, 1.807) is 24.3 Å². The normalized spacial score (nSPS) is 13.8. The molecule has 0 spiro atoms. The van der Waals surface area contributed by atoms with Gasteiger partial charge >= 0.3 is 5.97 Å². The maximum Gasteiger partial charge on any atom is 0.338 e. The van der Waals surface area contributed by atoms with Crippen molar-refractivity contribution >= 4 is 23.2 Å². The summed E-state index contributed by atoms with van der Waals surface area (Å²) in [5.74, 6) is -0.549. The predicted octanol–water partition coefficient (Wildman–Crippen LogP) is 6.77. The van der Waals surface area contributed by atoms with Gasteiger partial charge in [-0.3, -0.25) is 9.59 Å². The van der Waals surface area contributed by atoms with Crippen LogP contribution in [0.15, 0.2) is 36.0 Å². The number of carbonyl (C=O) groups excluding carboxylic acids is 3. The van der Waals surface area contributed by atoms with E-state index in [1.165, 1.54) is 64.0 Å². The molecule has 0 radical (unpaired) electrons. The summed E-state index contributed by atoms with van der Waals surface area (Å²) < 4.78 is 5.37. The fourth-order valence-electron chi connectivity index (χ4n) is 3.87. The second-order valence-electron chi connectivity index (χ2n) is 8.65. The lowest BCUT2D eigenvalue weighted by atomic mass is 9.93. The quantitative estimate of drug-likeness (QED) is 0.141. The Morgan fingerprint density at radius 2 is 1.38 bits per heavy atom. The third kappa shape index (κ3) is 9.80. The summed E-state index contributed by atoms with van der Waals surface area (Å²) in [7, 11) is 0. The van der Waals surface area contributed by atoms with Crippen LogP contribution in [0.5, 0.6) is 0 Å². The molecule has 5 nitrogen and oxygen atoms in total. The second-order valence-corrected chi connectivity index (χ2v) is 8.65. The maximum atomic E-state index is 12.2. The highest BCUT2D eigenvalue weighted by atomic mass is 16.5. The molecule has 1 N–H and O–H groups in total. The number of unbranched alkanes of at least 4 members (excludes halogenated alkanes) is 10. The van der Waals surface area contributed by atoms with E-state index in [0.29, 0.717) is 37.1 Å². The van der Waals surface area contributed by atoms with E-state index in [-0.39, 0.29) is 23.1 Å². The number of benzene rings is 1. The first-order valence-electron chi connectivity index (χ1n) is 12.4. The SMILES string of the molecule is CCCCCCCCCCCCCOC(=O)c1ccc(NC=C2C(=O)CCCC2=O)cc1. The number of allylic oxidation sites excluding steroid dienone is 1. The zero-order valence-electron chi connectivity index (χ0n) is 19.6. The Bertz CT molecular complexity index is 733. The van der Waals surface area contributed by atoms with E-state index >= 15 is 0 Å². The summed E-state index contributed by atoms with van der Waals surface area (Å²) in [6.07, 6.45) is 16.8. The van der Waals surface area contributed by atoms with E-state index in [1.807, 2.05) is 0 Å². The molecule has 1 fully saturated rings. The number of rotatable bonds is 15. The molecule has 176 valence electrons. The van der Waals surface area contributed by atoms with E-state index in [9.17, 15) is 14.4 Å². The number of ketones is 2. The van der Waals surface area contributed by atoms with Crippen LogP contribution >= 0.6 is 0 Å². The van der Waals surface area contributed by atoms with Crippen LogP contribution in [-0.4, -0.2) is 24.1 Å².